The minimum absolute atomic E-state index is 0.0151. The number of anilines is 1. The Hall–Kier alpha value is -3.95. The van der Waals surface area contributed by atoms with Crippen LogP contribution in [0.1, 0.15) is 12.8 Å². The first-order valence-corrected chi connectivity index (χ1v) is 11.5. The number of aromatic amines is 1. The number of H-pyrrole nitrogens is 1. The summed E-state index contributed by atoms with van der Waals surface area (Å²) in [6.07, 6.45) is 0.637. The smallest absolute Gasteiger partial charge is 0.328 e. The number of benzene rings is 2. The van der Waals surface area contributed by atoms with Crippen LogP contribution >= 0.6 is 0 Å². The molecule has 1 fully saturated rings. The number of hydrogen-bond donors (Lipinski definition) is 1. The normalized spacial score (nSPS) is 13.7. The summed E-state index contributed by atoms with van der Waals surface area (Å²) in [4.78, 5) is 45.0. The predicted molar refractivity (Wildman–Crippen MR) is 133 cm³/mol. The Morgan fingerprint density at radius 2 is 1.57 bits per heavy atom. The van der Waals surface area contributed by atoms with E-state index in [1.165, 1.54) is 14.2 Å². The maximum atomic E-state index is 13.0. The van der Waals surface area contributed by atoms with Gasteiger partial charge < -0.3 is 29.0 Å². The van der Waals surface area contributed by atoms with Crippen LogP contribution in [0.5, 0.6) is 17.2 Å². The number of carbonyl (C=O) groups is 1. The molecular weight excluding hydrogens is 452 g/mol. The molecule has 0 spiro atoms. The standard InChI is InChI=1S/C25H30N4O6/c1-33-20-8-5-4-7-19(20)27-11-13-28(14-12-27)23(30)9-6-10-29-24(31)17-15-21(34-2)22(35-3)16-18(17)26-25(29)32/h4-5,7-8,15-16H,6,9-14H2,1-3H3,(H,26,32). The monoisotopic (exact) mass is 482 g/mol. The van der Waals surface area contributed by atoms with Crippen LogP contribution in [0.2, 0.25) is 0 Å². The van der Waals surface area contributed by atoms with E-state index in [1.807, 2.05) is 29.2 Å². The van der Waals surface area contributed by atoms with Gasteiger partial charge in [-0.25, -0.2) is 4.79 Å². The van der Waals surface area contributed by atoms with Crippen molar-refractivity contribution in [3.63, 3.8) is 0 Å². The maximum absolute atomic E-state index is 13.0. The van der Waals surface area contributed by atoms with E-state index in [4.69, 9.17) is 14.2 Å². The van der Waals surface area contributed by atoms with E-state index >= 15 is 0 Å². The summed E-state index contributed by atoms with van der Waals surface area (Å²) in [7, 11) is 4.62. The Morgan fingerprint density at radius 3 is 2.26 bits per heavy atom. The fourth-order valence-electron chi connectivity index (χ4n) is 4.42. The zero-order valence-electron chi connectivity index (χ0n) is 20.2. The molecule has 1 aliphatic rings. The predicted octanol–water partition coefficient (Wildman–Crippen LogP) is 1.84. The highest BCUT2D eigenvalue weighted by Crippen LogP contribution is 2.30. The van der Waals surface area contributed by atoms with Crippen molar-refractivity contribution in [3.05, 3.63) is 57.2 Å². The van der Waals surface area contributed by atoms with Crippen molar-refractivity contribution in [1.82, 2.24) is 14.5 Å². The maximum Gasteiger partial charge on any atom is 0.328 e. The van der Waals surface area contributed by atoms with E-state index in [2.05, 4.69) is 9.88 Å². The number of carbonyl (C=O) groups excluding carboxylic acids is 1. The van der Waals surface area contributed by atoms with Crippen molar-refractivity contribution < 1.29 is 19.0 Å². The quantitative estimate of drug-likeness (QED) is 0.522. The third kappa shape index (κ3) is 4.96. The van der Waals surface area contributed by atoms with Crippen LogP contribution in [0, 0.1) is 0 Å². The van der Waals surface area contributed by atoms with Crippen molar-refractivity contribution in [2.75, 3.05) is 52.4 Å². The van der Waals surface area contributed by atoms with Gasteiger partial charge in [-0.3, -0.25) is 14.2 Å². The van der Waals surface area contributed by atoms with Crippen molar-refractivity contribution >= 4 is 22.5 Å². The molecule has 35 heavy (non-hydrogen) atoms. The average molecular weight is 483 g/mol. The first-order valence-electron chi connectivity index (χ1n) is 11.5. The molecule has 3 aromatic rings. The van der Waals surface area contributed by atoms with E-state index in [1.54, 1.807) is 19.2 Å². The summed E-state index contributed by atoms with van der Waals surface area (Å²) in [5.74, 6) is 1.65. The Bertz CT molecular complexity index is 1320. The highest BCUT2D eigenvalue weighted by atomic mass is 16.5. The van der Waals surface area contributed by atoms with Crippen molar-refractivity contribution in [1.29, 1.82) is 0 Å². The van der Waals surface area contributed by atoms with Crippen LogP contribution in [0.4, 0.5) is 5.69 Å². The third-order valence-electron chi connectivity index (χ3n) is 6.32. The van der Waals surface area contributed by atoms with Gasteiger partial charge >= 0.3 is 5.69 Å². The molecule has 2 heterocycles. The second kappa shape index (κ2) is 10.5. The molecule has 1 aromatic heterocycles. The number of aromatic nitrogens is 2. The molecule has 10 heteroatoms. The lowest BCUT2D eigenvalue weighted by Crippen LogP contribution is -2.49. The molecule has 2 aromatic carbocycles. The number of rotatable bonds is 8. The molecule has 10 nitrogen and oxygen atoms in total. The van der Waals surface area contributed by atoms with Crippen LogP contribution in [-0.2, 0) is 11.3 Å². The number of nitrogens with one attached hydrogen (secondary N) is 1. The minimum Gasteiger partial charge on any atom is -0.495 e. The molecular formula is C25H30N4O6. The number of piperazine rings is 1. The van der Waals surface area contributed by atoms with E-state index in [0.29, 0.717) is 55.0 Å². The second-order valence-electron chi connectivity index (χ2n) is 8.28. The van der Waals surface area contributed by atoms with Gasteiger partial charge in [-0.05, 0) is 24.6 Å². The summed E-state index contributed by atoms with van der Waals surface area (Å²) < 4.78 is 17.1. The van der Waals surface area contributed by atoms with Gasteiger partial charge in [0.1, 0.15) is 5.75 Å². The summed E-state index contributed by atoms with van der Waals surface area (Å²) in [5.41, 5.74) is 0.444. The first kappa shape index (κ1) is 24.2. The lowest BCUT2D eigenvalue weighted by Gasteiger charge is -2.36. The third-order valence-corrected chi connectivity index (χ3v) is 6.32. The van der Waals surface area contributed by atoms with Crippen LogP contribution in [0.15, 0.2) is 46.0 Å². The Balaban J connectivity index is 1.38. The fourth-order valence-corrected chi connectivity index (χ4v) is 4.42. The largest absolute Gasteiger partial charge is 0.495 e. The van der Waals surface area contributed by atoms with Gasteiger partial charge in [-0.1, -0.05) is 12.1 Å². The zero-order chi connectivity index (χ0) is 24.9. The zero-order valence-corrected chi connectivity index (χ0v) is 20.2. The van der Waals surface area contributed by atoms with E-state index in [0.717, 1.165) is 16.0 Å². The lowest BCUT2D eigenvalue weighted by molar-refractivity contribution is -0.131. The Labute approximate surface area is 202 Å². The van der Waals surface area contributed by atoms with Gasteiger partial charge in [0.2, 0.25) is 5.91 Å². The highest BCUT2D eigenvalue weighted by molar-refractivity contribution is 5.81. The van der Waals surface area contributed by atoms with Gasteiger partial charge in [-0.15, -0.1) is 0 Å². The molecule has 4 rings (SSSR count). The molecule has 1 saturated heterocycles. The average Bonchev–Trinajstić information content (AvgIpc) is 2.89. The second-order valence-corrected chi connectivity index (χ2v) is 8.28. The lowest BCUT2D eigenvalue weighted by atomic mass is 10.2. The van der Waals surface area contributed by atoms with Crippen LogP contribution in [0.25, 0.3) is 10.9 Å². The van der Waals surface area contributed by atoms with Crippen LogP contribution < -0.4 is 30.4 Å². The minimum atomic E-state index is -0.521. The van der Waals surface area contributed by atoms with Crippen molar-refractivity contribution in [2.24, 2.45) is 0 Å². The number of fused-ring (bicyclic) bond motifs is 1. The van der Waals surface area contributed by atoms with Gasteiger partial charge in [0, 0.05) is 45.2 Å². The first-order chi connectivity index (χ1) is 17.0. The molecule has 1 N–H and O–H groups in total. The Morgan fingerprint density at radius 1 is 0.914 bits per heavy atom. The topological polar surface area (TPSA) is 106 Å². The van der Waals surface area contributed by atoms with Crippen LogP contribution in [-0.4, -0.2) is 67.9 Å². The number of ether oxygens (including phenoxy) is 3. The van der Waals surface area contributed by atoms with Gasteiger partial charge in [0.25, 0.3) is 5.56 Å². The fraction of sp³-hybridized carbons (Fsp3) is 0.400. The molecule has 1 aliphatic heterocycles. The summed E-state index contributed by atoms with van der Waals surface area (Å²) in [6, 6.07) is 11.0. The van der Waals surface area contributed by atoms with Gasteiger partial charge in [-0.2, -0.15) is 0 Å². The van der Waals surface area contributed by atoms with Crippen LogP contribution in [0.3, 0.4) is 0 Å². The molecule has 186 valence electrons. The highest BCUT2D eigenvalue weighted by Gasteiger charge is 2.22. The summed E-state index contributed by atoms with van der Waals surface area (Å²) in [5, 5.41) is 0.320. The van der Waals surface area contributed by atoms with Crippen molar-refractivity contribution in [2.45, 2.75) is 19.4 Å². The molecule has 0 bridgehead atoms. The number of nitrogens with zero attached hydrogens (tertiary/aromatic N) is 3. The van der Waals surface area contributed by atoms with Gasteiger partial charge in [0.05, 0.1) is 37.9 Å². The Kier molecular flexibility index (Phi) is 7.28. The molecule has 0 unspecified atom stereocenters. The van der Waals surface area contributed by atoms with Crippen molar-refractivity contribution in [3.8, 4) is 17.2 Å². The van der Waals surface area contributed by atoms with Gasteiger partial charge in [0.15, 0.2) is 11.5 Å². The molecule has 0 radical (unpaired) electrons. The summed E-state index contributed by atoms with van der Waals surface area (Å²) >= 11 is 0. The van der Waals surface area contributed by atoms with E-state index < -0.39 is 11.2 Å². The molecule has 1 amide bonds. The number of para-hydroxylation sites is 2. The number of hydrogen-bond acceptors (Lipinski definition) is 7. The molecule has 0 aliphatic carbocycles. The molecule has 0 atom stereocenters. The number of methoxy groups -OCH3 is 3. The number of amides is 1. The molecule has 0 saturated carbocycles. The SMILES string of the molecule is COc1cc2[nH]c(=O)n(CCCC(=O)N3CCN(c4ccccc4OC)CC3)c(=O)c2cc1OC. The van der Waals surface area contributed by atoms with E-state index in [9.17, 15) is 14.4 Å². The summed E-state index contributed by atoms with van der Waals surface area (Å²) in [6.45, 7) is 2.78. The van der Waals surface area contributed by atoms with E-state index in [-0.39, 0.29) is 18.9 Å².